The van der Waals surface area contributed by atoms with Crippen molar-refractivity contribution in [1.82, 2.24) is 9.55 Å². The first-order valence-corrected chi connectivity index (χ1v) is 9.60. The molecule has 1 amide bonds. The van der Waals surface area contributed by atoms with E-state index in [0.29, 0.717) is 47.4 Å². The minimum atomic E-state index is -0.998. The van der Waals surface area contributed by atoms with Crippen molar-refractivity contribution in [3.63, 3.8) is 0 Å². The minimum absolute atomic E-state index is 0.0625. The van der Waals surface area contributed by atoms with E-state index >= 15 is 0 Å². The maximum atomic E-state index is 13.1. The third kappa shape index (κ3) is 3.66. The Hall–Kier alpha value is -3.99. The lowest BCUT2D eigenvalue weighted by atomic mass is 10.0. The summed E-state index contributed by atoms with van der Waals surface area (Å²) in [7, 11) is 0. The van der Waals surface area contributed by atoms with Crippen molar-refractivity contribution in [2.75, 3.05) is 16.9 Å². The van der Waals surface area contributed by atoms with E-state index in [1.807, 2.05) is 4.57 Å². The van der Waals surface area contributed by atoms with E-state index in [4.69, 9.17) is 10.6 Å². The largest absolute Gasteiger partial charge is 0.347 e. The van der Waals surface area contributed by atoms with Crippen molar-refractivity contribution in [1.29, 1.82) is 0 Å². The van der Waals surface area contributed by atoms with Crippen molar-refractivity contribution in [2.24, 2.45) is 5.73 Å². The minimum Gasteiger partial charge on any atom is -0.347 e. The summed E-state index contributed by atoms with van der Waals surface area (Å²) in [5, 5.41) is 16.0. The van der Waals surface area contributed by atoms with Gasteiger partial charge in [0.05, 0.1) is 22.3 Å². The van der Waals surface area contributed by atoms with Crippen LogP contribution in [0.1, 0.15) is 24.9 Å². The molecule has 0 saturated carbocycles. The number of carbonyl (C=O) groups excluding carboxylic acids is 2. The van der Waals surface area contributed by atoms with Crippen LogP contribution in [0.5, 0.6) is 0 Å². The number of aryl methyl sites for hydroxylation is 1. The molecular formula is C20H20N6O5. The zero-order chi connectivity index (χ0) is 22.1. The van der Waals surface area contributed by atoms with Gasteiger partial charge in [0.15, 0.2) is 6.04 Å². The molecule has 1 unspecified atom stereocenters. The van der Waals surface area contributed by atoms with E-state index < -0.39 is 22.8 Å². The normalized spacial score (nSPS) is 15.5. The van der Waals surface area contributed by atoms with Gasteiger partial charge in [-0.3, -0.25) is 24.7 Å². The molecular weight excluding hydrogens is 404 g/mol. The number of fused-ring (bicyclic) bond motifs is 2. The Bertz CT molecular complexity index is 1190. The molecule has 2 aromatic heterocycles. The van der Waals surface area contributed by atoms with Crippen LogP contribution in [0.3, 0.4) is 0 Å². The van der Waals surface area contributed by atoms with Crippen molar-refractivity contribution in [3.05, 3.63) is 58.5 Å². The van der Waals surface area contributed by atoms with Crippen LogP contribution in [0, 0.1) is 10.1 Å². The van der Waals surface area contributed by atoms with Crippen LogP contribution < -0.4 is 16.1 Å². The Balaban J connectivity index is 1.90. The summed E-state index contributed by atoms with van der Waals surface area (Å²) in [4.78, 5) is 45.1. The van der Waals surface area contributed by atoms with E-state index in [2.05, 4.69) is 10.3 Å². The molecule has 3 heterocycles. The lowest BCUT2D eigenvalue weighted by Gasteiger charge is -2.35. The third-order valence-corrected chi connectivity index (χ3v) is 5.01. The lowest BCUT2D eigenvalue weighted by Crippen LogP contribution is -2.42. The number of nitrogens with one attached hydrogen (secondary N) is 1. The van der Waals surface area contributed by atoms with Gasteiger partial charge in [-0.15, -0.1) is 0 Å². The number of benzene rings is 1. The summed E-state index contributed by atoms with van der Waals surface area (Å²) in [5.74, 6) is -1.01. The summed E-state index contributed by atoms with van der Waals surface area (Å²) >= 11 is 0. The van der Waals surface area contributed by atoms with E-state index in [-0.39, 0.29) is 5.69 Å². The topological polar surface area (TPSA) is 146 Å². The van der Waals surface area contributed by atoms with Crippen molar-refractivity contribution in [2.45, 2.75) is 25.9 Å². The maximum absolute atomic E-state index is 13.1. The third-order valence-electron chi connectivity index (χ3n) is 5.01. The fraction of sp³-hybridized carbons (Fsp3) is 0.250. The number of amides is 1. The highest BCUT2D eigenvalue weighted by atomic mass is 16.7. The average molecular weight is 424 g/mol. The van der Waals surface area contributed by atoms with Gasteiger partial charge < -0.3 is 20.5 Å². The molecule has 0 bridgehead atoms. The van der Waals surface area contributed by atoms with Gasteiger partial charge in [-0.2, -0.15) is 5.06 Å². The van der Waals surface area contributed by atoms with Gasteiger partial charge in [0.25, 0.3) is 11.6 Å². The Morgan fingerprint density at radius 2 is 2.19 bits per heavy atom. The standard InChI is InChI=1S/C20H20N6O5/c1-12(27)31-25-17-5-7-22-10-16(17)23-20(28)19(25)15-11-24(8-2-6-21)18-9-13(26(29)30)3-4-14(15)18/h3-5,7,9-11,19H,2,6,8,21H2,1H3,(H,23,28). The first-order chi connectivity index (χ1) is 14.9. The first kappa shape index (κ1) is 20.3. The number of nitrogens with two attached hydrogens (primary N) is 1. The second-order valence-corrected chi connectivity index (χ2v) is 7.07. The predicted octanol–water partition coefficient (Wildman–Crippen LogP) is 2.27. The van der Waals surface area contributed by atoms with E-state index in [1.165, 1.54) is 36.5 Å². The van der Waals surface area contributed by atoms with Crippen molar-refractivity contribution >= 4 is 39.8 Å². The summed E-state index contributed by atoms with van der Waals surface area (Å²) in [6.45, 7) is 2.20. The number of aromatic nitrogens is 2. The summed E-state index contributed by atoms with van der Waals surface area (Å²) < 4.78 is 1.83. The fourth-order valence-electron chi connectivity index (χ4n) is 3.72. The second-order valence-electron chi connectivity index (χ2n) is 7.07. The van der Waals surface area contributed by atoms with Crippen LogP contribution in [0.25, 0.3) is 10.9 Å². The molecule has 1 aliphatic heterocycles. The number of nitro benzene ring substituents is 1. The second kappa shape index (κ2) is 8.03. The van der Waals surface area contributed by atoms with Gasteiger partial charge in [0.2, 0.25) is 0 Å². The molecule has 11 nitrogen and oxygen atoms in total. The van der Waals surface area contributed by atoms with Gasteiger partial charge >= 0.3 is 5.97 Å². The van der Waals surface area contributed by atoms with Crippen LogP contribution in [0.15, 0.2) is 42.9 Å². The van der Waals surface area contributed by atoms with Gasteiger partial charge in [0.1, 0.15) is 5.69 Å². The number of hydrogen-bond donors (Lipinski definition) is 2. The first-order valence-electron chi connectivity index (χ1n) is 9.60. The molecule has 11 heteroatoms. The zero-order valence-corrected chi connectivity index (χ0v) is 16.6. The van der Waals surface area contributed by atoms with Crippen LogP contribution in [-0.4, -0.2) is 32.9 Å². The fourth-order valence-corrected chi connectivity index (χ4v) is 3.72. The summed E-state index contributed by atoms with van der Waals surface area (Å²) in [6.07, 6.45) is 5.38. The van der Waals surface area contributed by atoms with Gasteiger partial charge in [-0.05, 0) is 25.1 Å². The number of rotatable bonds is 6. The highest BCUT2D eigenvalue weighted by Crippen LogP contribution is 2.41. The number of hydrogen-bond acceptors (Lipinski definition) is 8. The zero-order valence-electron chi connectivity index (χ0n) is 16.6. The van der Waals surface area contributed by atoms with Crippen LogP contribution in [0.2, 0.25) is 0 Å². The number of pyridine rings is 1. The van der Waals surface area contributed by atoms with E-state index in [9.17, 15) is 19.7 Å². The molecule has 3 aromatic rings. The van der Waals surface area contributed by atoms with E-state index in [1.54, 1.807) is 18.3 Å². The number of carbonyl (C=O) groups is 2. The van der Waals surface area contributed by atoms with Crippen LogP contribution in [-0.2, 0) is 21.0 Å². The molecule has 3 N–H and O–H groups in total. The van der Waals surface area contributed by atoms with Gasteiger partial charge in [-0.1, -0.05) is 0 Å². The molecule has 0 aliphatic carbocycles. The predicted molar refractivity (Wildman–Crippen MR) is 112 cm³/mol. The van der Waals surface area contributed by atoms with E-state index in [0.717, 1.165) is 0 Å². The molecule has 160 valence electrons. The number of anilines is 2. The molecule has 0 fully saturated rings. The maximum Gasteiger partial charge on any atom is 0.329 e. The summed E-state index contributed by atoms with van der Waals surface area (Å²) in [6, 6.07) is 5.08. The quantitative estimate of drug-likeness (QED) is 0.453. The molecule has 4 rings (SSSR count). The lowest BCUT2D eigenvalue weighted by molar-refractivity contribution is -0.384. The number of non-ortho nitro benzene ring substituents is 1. The van der Waals surface area contributed by atoms with Gasteiger partial charge in [0, 0.05) is 48.9 Å². The Labute approximate surface area is 176 Å². The molecule has 1 aromatic carbocycles. The SMILES string of the molecule is CC(=O)ON1c2ccncc2NC(=O)C1c1cn(CCCN)c2cc([N+](=O)[O-])ccc12. The van der Waals surface area contributed by atoms with Crippen LogP contribution >= 0.6 is 0 Å². The van der Waals surface area contributed by atoms with Crippen LogP contribution in [0.4, 0.5) is 17.1 Å². The van der Waals surface area contributed by atoms with Gasteiger partial charge in [-0.25, -0.2) is 0 Å². The average Bonchev–Trinajstić information content (AvgIpc) is 3.09. The molecule has 1 aliphatic rings. The highest BCUT2D eigenvalue weighted by Gasteiger charge is 2.39. The monoisotopic (exact) mass is 424 g/mol. The molecule has 0 saturated heterocycles. The highest BCUT2D eigenvalue weighted by molar-refractivity contribution is 6.06. The number of nitrogens with zero attached hydrogens (tertiary/aromatic N) is 4. The molecule has 0 spiro atoms. The van der Waals surface area contributed by atoms with Crippen molar-refractivity contribution in [3.8, 4) is 0 Å². The van der Waals surface area contributed by atoms with Crippen molar-refractivity contribution < 1.29 is 19.3 Å². The molecule has 1 atom stereocenters. The molecule has 0 radical (unpaired) electrons. The summed E-state index contributed by atoms with van der Waals surface area (Å²) in [5.41, 5.74) is 7.60. The number of hydroxylamine groups is 1. The molecule has 31 heavy (non-hydrogen) atoms. The Kier molecular flexibility index (Phi) is 5.26. The Morgan fingerprint density at radius 1 is 1.39 bits per heavy atom. The smallest absolute Gasteiger partial charge is 0.329 e. The Morgan fingerprint density at radius 3 is 2.90 bits per heavy atom. The number of nitro groups is 1.